The Hall–Kier alpha value is -1.57. The summed E-state index contributed by atoms with van der Waals surface area (Å²) in [4.78, 5) is 0. The van der Waals surface area contributed by atoms with Crippen molar-refractivity contribution < 1.29 is 9.67 Å². The van der Waals surface area contributed by atoms with E-state index in [4.69, 9.17) is 0 Å². The van der Waals surface area contributed by atoms with Gasteiger partial charge in [0.1, 0.15) is 5.75 Å². The lowest BCUT2D eigenvalue weighted by molar-refractivity contribution is -0.691. The minimum Gasteiger partial charge on any atom is -0.507 e. The molecule has 2 nitrogen and oxygen atoms in total. The van der Waals surface area contributed by atoms with Crippen molar-refractivity contribution >= 4 is 10.9 Å². The zero-order valence-corrected chi connectivity index (χ0v) is 11.9. The van der Waals surface area contributed by atoms with Crippen LogP contribution in [0.1, 0.15) is 50.8 Å². The summed E-state index contributed by atoms with van der Waals surface area (Å²) in [6, 6.07) is 6.59. The number of rotatable bonds is 2. The molecule has 18 heavy (non-hydrogen) atoms. The minimum atomic E-state index is 0.385. The van der Waals surface area contributed by atoms with Crippen molar-refractivity contribution in [2.45, 2.75) is 46.6 Å². The molecule has 2 aromatic rings. The standard InChI is InChI=1S/C16H21NO/c1-10(2)14-9-15-13(16(18)12(14)5)7-6-8-17(15)11(3)4/h6-11H,1-5H3/p+1. The average molecular weight is 244 g/mol. The van der Waals surface area contributed by atoms with E-state index in [1.165, 1.54) is 5.56 Å². The first-order valence-electron chi connectivity index (χ1n) is 6.59. The molecule has 1 aromatic heterocycles. The van der Waals surface area contributed by atoms with Crippen molar-refractivity contribution in [3.63, 3.8) is 0 Å². The molecule has 0 saturated carbocycles. The lowest BCUT2D eigenvalue weighted by Gasteiger charge is -2.14. The molecule has 0 aliphatic heterocycles. The summed E-state index contributed by atoms with van der Waals surface area (Å²) in [6.07, 6.45) is 2.08. The first-order chi connectivity index (χ1) is 8.43. The number of phenolic OH excluding ortho intramolecular Hbond substituents is 1. The molecular weight excluding hydrogens is 222 g/mol. The quantitative estimate of drug-likeness (QED) is 0.797. The van der Waals surface area contributed by atoms with Gasteiger partial charge in [-0.25, -0.2) is 0 Å². The Bertz CT molecular complexity index is 585. The molecule has 0 aliphatic rings. The van der Waals surface area contributed by atoms with Gasteiger partial charge in [-0.15, -0.1) is 0 Å². The summed E-state index contributed by atoms with van der Waals surface area (Å²) in [7, 11) is 0. The van der Waals surface area contributed by atoms with Gasteiger partial charge in [0.15, 0.2) is 12.2 Å². The molecule has 1 aromatic carbocycles. The van der Waals surface area contributed by atoms with E-state index in [-0.39, 0.29) is 0 Å². The van der Waals surface area contributed by atoms with E-state index in [1.807, 2.05) is 19.1 Å². The molecule has 0 aliphatic carbocycles. The number of pyridine rings is 1. The zero-order chi connectivity index (χ0) is 13.4. The highest BCUT2D eigenvalue weighted by Gasteiger charge is 2.19. The van der Waals surface area contributed by atoms with E-state index < -0.39 is 0 Å². The SMILES string of the molecule is Cc1c(C(C)C)cc2c(ccc[n+]2C(C)C)c1O. The number of phenols is 1. The fraction of sp³-hybridized carbons (Fsp3) is 0.438. The largest absolute Gasteiger partial charge is 0.507 e. The van der Waals surface area contributed by atoms with E-state index in [9.17, 15) is 5.11 Å². The predicted molar refractivity (Wildman–Crippen MR) is 75.0 cm³/mol. The van der Waals surface area contributed by atoms with Crippen LogP contribution in [-0.4, -0.2) is 5.11 Å². The highest BCUT2D eigenvalue weighted by Crippen LogP contribution is 2.33. The zero-order valence-electron chi connectivity index (χ0n) is 11.9. The predicted octanol–water partition coefficient (Wildman–Crippen LogP) is 3.85. The van der Waals surface area contributed by atoms with Gasteiger partial charge in [-0.1, -0.05) is 13.8 Å². The number of hydrogen-bond acceptors (Lipinski definition) is 1. The number of aromatic hydroxyl groups is 1. The van der Waals surface area contributed by atoms with Gasteiger partial charge in [0.2, 0.25) is 5.52 Å². The molecule has 0 spiro atoms. The van der Waals surface area contributed by atoms with Gasteiger partial charge in [0.05, 0.1) is 5.39 Å². The highest BCUT2D eigenvalue weighted by atomic mass is 16.3. The fourth-order valence-electron chi connectivity index (χ4n) is 2.53. The number of nitrogens with zero attached hydrogens (tertiary/aromatic N) is 1. The maximum atomic E-state index is 10.4. The second kappa shape index (κ2) is 4.60. The maximum absolute atomic E-state index is 10.4. The van der Waals surface area contributed by atoms with Gasteiger partial charge < -0.3 is 5.11 Å². The van der Waals surface area contributed by atoms with E-state index in [0.29, 0.717) is 17.7 Å². The fourth-order valence-corrected chi connectivity index (χ4v) is 2.53. The van der Waals surface area contributed by atoms with Crippen molar-refractivity contribution in [2.24, 2.45) is 0 Å². The summed E-state index contributed by atoms with van der Waals surface area (Å²) < 4.78 is 2.21. The molecule has 96 valence electrons. The molecule has 1 N–H and O–H groups in total. The Morgan fingerprint density at radius 2 is 1.83 bits per heavy atom. The third-order valence-electron chi connectivity index (χ3n) is 3.58. The van der Waals surface area contributed by atoms with Gasteiger partial charge >= 0.3 is 0 Å². The first kappa shape index (κ1) is 12.9. The Kier molecular flexibility index (Phi) is 3.29. The van der Waals surface area contributed by atoms with Crippen LogP contribution in [0.4, 0.5) is 0 Å². The molecule has 0 saturated heterocycles. The molecule has 2 heteroatoms. The average Bonchev–Trinajstić information content (AvgIpc) is 2.32. The number of benzene rings is 1. The van der Waals surface area contributed by atoms with Gasteiger partial charge in [-0.2, -0.15) is 4.57 Å². The topological polar surface area (TPSA) is 24.1 Å². The lowest BCUT2D eigenvalue weighted by atomic mass is 9.95. The third-order valence-corrected chi connectivity index (χ3v) is 3.58. The lowest BCUT2D eigenvalue weighted by Crippen LogP contribution is -2.36. The van der Waals surface area contributed by atoms with Crippen molar-refractivity contribution in [2.75, 3.05) is 0 Å². The van der Waals surface area contributed by atoms with Gasteiger partial charge in [0, 0.05) is 12.1 Å². The van der Waals surface area contributed by atoms with Crippen LogP contribution in [-0.2, 0) is 0 Å². The molecule has 0 bridgehead atoms. The van der Waals surface area contributed by atoms with Crippen LogP contribution in [0.25, 0.3) is 10.9 Å². The van der Waals surface area contributed by atoms with Crippen LogP contribution in [0, 0.1) is 6.92 Å². The Balaban J connectivity index is 2.87. The smallest absolute Gasteiger partial charge is 0.216 e. The van der Waals surface area contributed by atoms with E-state index in [2.05, 4.69) is 44.5 Å². The molecule has 0 amide bonds. The number of hydrogen-bond donors (Lipinski definition) is 1. The number of aromatic nitrogens is 1. The van der Waals surface area contributed by atoms with Crippen molar-refractivity contribution in [1.82, 2.24) is 0 Å². The summed E-state index contributed by atoms with van der Waals surface area (Å²) in [5.41, 5.74) is 3.33. The van der Waals surface area contributed by atoms with Crippen LogP contribution in [0.3, 0.4) is 0 Å². The van der Waals surface area contributed by atoms with Crippen LogP contribution in [0.5, 0.6) is 5.75 Å². The summed E-state index contributed by atoms with van der Waals surface area (Å²) in [5.74, 6) is 0.840. The Labute approximate surface area is 109 Å². The first-order valence-corrected chi connectivity index (χ1v) is 6.59. The normalized spacial score (nSPS) is 11.7. The Morgan fingerprint density at radius 3 is 2.39 bits per heavy atom. The second-order valence-corrected chi connectivity index (χ2v) is 5.54. The van der Waals surface area contributed by atoms with Crippen molar-refractivity contribution in [1.29, 1.82) is 0 Å². The minimum absolute atomic E-state index is 0.385. The molecule has 0 radical (unpaired) electrons. The molecule has 2 rings (SSSR count). The van der Waals surface area contributed by atoms with Crippen LogP contribution < -0.4 is 4.57 Å². The van der Waals surface area contributed by atoms with Gasteiger partial charge in [-0.3, -0.25) is 0 Å². The van der Waals surface area contributed by atoms with Crippen LogP contribution >= 0.6 is 0 Å². The molecule has 0 atom stereocenters. The summed E-state index contributed by atoms with van der Waals surface area (Å²) >= 11 is 0. The van der Waals surface area contributed by atoms with Crippen LogP contribution in [0.15, 0.2) is 24.4 Å². The maximum Gasteiger partial charge on any atom is 0.216 e. The highest BCUT2D eigenvalue weighted by molar-refractivity contribution is 5.85. The molecule has 0 unspecified atom stereocenters. The summed E-state index contributed by atoms with van der Waals surface area (Å²) in [5, 5.41) is 11.3. The van der Waals surface area contributed by atoms with Gasteiger partial charge in [-0.05, 0) is 43.9 Å². The number of fused-ring (bicyclic) bond motifs is 1. The molecule has 1 heterocycles. The van der Waals surface area contributed by atoms with Crippen molar-refractivity contribution in [3.8, 4) is 5.75 Å². The van der Waals surface area contributed by atoms with E-state index >= 15 is 0 Å². The second-order valence-electron chi connectivity index (χ2n) is 5.54. The van der Waals surface area contributed by atoms with Crippen LogP contribution in [0.2, 0.25) is 0 Å². The third kappa shape index (κ3) is 1.96. The van der Waals surface area contributed by atoms with E-state index in [0.717, 1.165) is 16.5 Å². The molecule has 0 fully saturated rings. The van der Waals surface area contributed by atoms with Gasteiger partial charge in [0.25, 0.3) is 0 Å². The monoisotopic (exact) mass is 244 g/mol. The van der Waals surface area contributed by atoms with E-state index in [1.54, 1.807) is 0 Å². The molecular formula is C16H22NO+. The summed E-state index contributed by atoms with van der Waals surface area (Å²) in [6.45, 7) is 10.6. The Morgan fingerprint density at radius 1 is 1.17 bits per heavy atom. The van der Waals surface area contributed by atoms with Crippen molar-refractivity contribution in [3.05, 3.63) is 35.5 Å².